The van der Waals surface area contributed by atoms with Gasteiger partial charge in [-0.25, -0.2) is 4.98 Å². The Morgan fingerprint density at radius 2 is 2.15 bits per heavy atom. The van der Waals surface area contributed by atoms with Crippen LogP contribution in [0.25, 0.3) is 11.0 Å². The molecule has 0 amide bonds. The van der Waals surface area contributed by atoms with Gasteiger partial charge in [-0.05, 0) is 31.2 Å². The van der Waals surface area contributed by atoms with Gasteiger partial charge in [0.05, 0.1) is 23.3 Å². The summed E-state index contributed by atoms with van der Waals surface area (Å²) in [6.45, 7) is 2.28. The number of hydrogen-bond donors (Lipinski definition) is 2. The van der Waals surface area contributed by atoms with Crippen molar-refractivity contribution in [2.75, 3.05) is 5.73 Å². The molecule has 3 N–H and O–H groups in total. The monoisotopic (exact) mass is 271 g/mol. The number of rotatable bonds is 3. The number of aryl methyl sites for hydroxylation is 1. The molecule has 6 nitrogen and oxygen atoms in total. The van der Waals surface area contributed by atoms with E-state index in [-0.39, 0.29) is 0 Å². The van der Waals surface area contributed by atoms with Crippen LogP contribution in [0, 0.1) is 0 Å². The van der Waals surface area contributed by atoms with Crippen LogP contribution in [-0.4, -0.2) is 24.4 Å². The van der Waals surface area contributed by atoms with E-state index in [0.717, 1.165) is 16.7 Å². The number of aliphatic hydroxyl groups excluding tert-OH is 1. The number of aliphatic hydroxyl groups is 1. The molecular formula is C14H17N5O. The molecule has 2 heterocycles. The van der Waals surface area contributed by atoms with Crippen molar-refractivity contribution in [2.24, 2.45) is 7.05 Å². The van der Waals surface area contributed by atoms with E-state index in [9.17, 15) is 5.11 Å². The van der Waals surface area contributed by atoms with Gasteiger partial charge >= 0.3 is 0 Å². The van der Waals surface area contributed by atoms with E-state index < -0.39 is 6.10 Å². The lowest BCUT2D eigenvalue weighted by molar-refractivity contribution is 0.185. The average Bonchev–Trinajstić information content (AvgIpc) is 2.94. The highest BCUT2D eigenvalue weighted by Gasteiger charge is 2.15. The van der Waals surface area contributed by atoms with Crippen LogP contribution < -0.4 is 5.73 Å². The molecule has 20 heavy (non-hydrogen) atoms. The molecule has 0 fully saturated rings. The van der Waals surface area contributed by atoms with E-state index in [4.69, 9.17) is 5.73 Å². The fraction of sp³-hybridized carbons (Fsp3) is 0.286. The number of hydrogen-bond acceptors (Lipinski definition) is 4. The van der Waals surface area contributed by atoms with Crippen molar-refractivity contribution in [2.45, 2.75) is 19.6 Å². The third kappa shape index (κ3) is 2.14. The largest absolute Gasteiger partial charge is 0.399 e. The van der Waals surface area contributed by atoms with E-state index in [2.05, 4.69) is 10.1 Å². The molecule has 2 aromatic heterocycles. The van der Waals surface area contributed by atoms with Gasteiger partial charge in [0.2, 0.25) is 0 Å². The minimum Gasteiger partial charge on any atom is -0.399 e. The van der Waals surface area contributed by atoms with Crippen molar-refractivity contribution in [1.29, 1.82) is 0 Å². The lowest BCUT2D eigenvalue weighted by Crippen LogP contribution is -2.08. The van der Waals surface area contributed by atoms with Crippen molar-refractivity contribution >= 4 is 16.7 Å². The molecule has 3 rings (SSSR count). The number of nitrogens with zero attached hydrogens (tertiary/aromatic N) is 4. The summed E-state index contributed by atoms with van der Waals surface area (Å²) >= 11 is 0. The number of nitrogens with two attached hydrogens (primary N) is 1. The maximum atomic E-state index is 9.92. The molecule has 1 unspecified atom stereocenters. The molecule has 0 saturated heterocycles. The Bertz CT molecular complexity index is 756. The van der Waals surface area contributed by atoms with Gasteiger partial charge in [0.25, 0.3) is 0 Å². The van der Waals surface area contributed by atoms with E-state index in [1.54, 1.807) is 11.6 Å². The Hall–Kier alpha value is -2.34. The van der Waals surface area contributed by atoms with Gasteiger partial charge in [0.15, 0.2) is 0 Å². The molecule has 0 spiro atoms. The average molecular weight is 271 g/mol. The Balaban J connectivity index is 2.13. The summed E-state index contributed by atoms with van der Waals surface area (Å²) in [4.78, 5) is 4.47. The van der Waals surface area contributed by atoms with Crippen molar-refractivity contribution < 1.29 is 5.11 Å². The summed E-state index contributed by atoms with van der Waals surface area (Å²) in [6.07, 6.45) is 1.25. The highest BCUT2D eigenvalue weighted by Crippen LogP contribution is 2.23. The topological polar surface area (TPSA) is 81.9 Å². The van der Waals surface area contributed by atoms with E-state index >= 15 is 0 Å². The predicted molar refractivity (Wildman–Crippen MR) is 77.1 cm³/mol. The predicted octanol–water partition coefficient (Wildman–Crippen LogP) is 1.45. The zero-order valence-electron chi connectivity index (χ0n) is 11.5. The SMILES string of the molecule is CC(O)c1nc2cc(N)ccc2n1Cc1ccn(C)n1. The van der Waals surface area contributed by atoms with Gasteiger partial charge in [-0.3, -0.25) is 4.68 Å². The smallest absolute Gasteiger partial charge is 0.138 e. The number of imidazole rings is 1. The minimum atomic E-state index is -0.646. The van der Waals surface area contributed by atoms with Crippen LogP contribution >= 0.6 is 0 Å². The molecule has 0 saturated carbocycles. The highest BCUT2D eigenvalue weighted by molar-refractivity contribution is 5.79. The summed E-state index contributed by atoms with van der Waals surface area (Å²) < 4.78 is 3.73. The standard InChI is InChI=1S/C14H17N5O/c1-9(20)14-16-12-7-10(15)3-4-13(12)19(14)8-11-5-6-18(2)17-11/h3-7,9,20H,8,15H2,1-2H3. The van der Waals surface area contributed by atoms with Crippen LogP contribution in [0.5, 0.6) is 0 Å². The first-order valence-electron chi connectivity index (χ1n) is 6.47. The summed E-state index contributed by atoms with van der Waals surface area (Å²) in [7, 11) is 1.88. The molecule has 1 aromatic carbocycles. The zero-order chi connectivity index (χ0) is 14.3. The van der Waals surface area contributed by atoms with Crippen LogP contribution in [0.3, 0.4) is 0 Å². The fourth-order valence-electron chi connectivity index (χ4n) is 2.36. The van der Waals surface area contributed by atoms with E-state index in [1.807, 2.05) is 42.1 Å². The Kier molecular flexibility index (Phi) is 2.94. The number of nitrogen functional groups attached to an aromatic ring is 1. The van der Waals surface area contributed by atoms with E-state index in [1.165, 1.54) is 0 Å². The lowest BCUT2D eigenvalue weighted by atomic mass is 10.3. The Morgan fingerprint density at radius 1 is 1.35 bits per heavy atom. The molecular weight excluding hydrogens is 254 g/mol. The summed E-state index contributed by atoms with van der Waals surface area (Å²) in [6, 6.07) is 7.53. The molecule has 0 radical (unpaired) electrons. The van der Waals surface area contributed by atoms with Gasteiger partial charge in [0.1, 0.15) is 11.9 Å². The van der Waals surface area contributed by atoms with Gasteiger partial charge in [-0.2, -0.15) is 5.10 Å². The Labute approximate surface area is 116 Å². The van der Waals surface area contributed by atoms with Crippen LogP contribution in [0.15, 0.2) is 30.5 Å². The minimum absolute atomic E-state index is 0.571. The first-order valence-corrected chi connectivity index (χ1v) is 6.47. The van der Waals surface area contributed by atoms with E-state index in [0.29, 0.717) is 18.1 Å². The van der Waals surface area contributed by atoms with Gasteiger partial charge in [-0.15, -0.1) is 0 Å². The first kappa shape index (κ1) is 12.7. The highest BCUT2D eigenvalue weighted by atomic mass is 16.3. The number of aromatic nitrogens is 4. The maximum Gasteiger partial charge on any atom is 0.138 e. The molecule has 1 atom stereocenters. The number of fused-ring (bicyclic) bond motifs is 1. The molecule has 0 aliphatic carbocycles. The van der Waals surface area contributed by atoms with Crippen molar-refractivity contribution in [1.82, 2.24) is 19.3 Å². The summed E-state index contributed by atoms with van der Waals surface area (Å²) in [5, 5.41) is 14.3. The van der Waals surface area contributed by atoms with Gasteiger partial charge in [-0.1, -0.05) is 0 Å². The normalized spacial score (nSPS) is 12.9. The van der Waals surface area contributed by atoms with Crippen LogP contribution in [-0.2, 0) is 13.6 Å². The number of anilines is 1. The molecule has 3 aromatic rings. The van der Waals surface area contributed by atoms with Crippen molar-refractivity contribution in [3.8, 4) is 0 Å². The van der Waals surface area contributed by atoms with Crippen LogP contribution in [0.1, 0.15) is 24.5 Å². The second kappa shape index (κ2) is 4.64. The molecule has 104 valence electrons. The van der Waals surface area contributed by atoms with Crippen LogP contribution in [0.2, 0.25) is 0 Å². The third-order valence-corrected chi connectivity index (χ3v) is 3.26. The van der Waals surface area contributed by atoms with Crippen molar-refractivity contribution in [3.05, 3.63) is 42.0 Å². The molecule has 6 heteroatoms. The van der Waals surface area contributed by atoms with Gasteiger partial charge < -0.3 is 15.4 Å². The molecule has 0 aliphatic heterocycles. The molecule has 0 aliphatic rings. The third-order valence-electron chi connectivity index (χ3n) is 3.26. The fourth-order valence-corrected chi connectivity index (χ4v) is 2.36. The van der Waals surface area contributed by atoms with Crippen molar-refractivity contribution in [3.63, 3.8) is 0 Å². The quantitative estimate of drug-likeness (QED) is 0.706. The molecule has 0 bridgehead atoms. The Morgan fingerprint density at radius 3 is 2.80 bits per heavy atom. The second-order valence-electron chi connectivity index (χ2n) is 4.96. The van der Waals surface area contributed by atoms with Gasteiger partial charge in [0, 0.05) is 18.9 Å². The second-order valence-corrected chi connectivity index (χ2v) is 4.96. The maximum absolute atomic E-state index is 9.92. The number of benzene rings is 1. The van der Waals surface area contributed by atoms with Crippen LogP contribution in [0.4, 0.5) is 5.69 Å². The summed E-state index contributed by atoms with van der Waals surface area (Å²) in [5.41, 5.74) is 9.11. The lowest BCUT2D eigenvalue weighted by Gasteiger charge is -2.09. The summed E-state index contributed by atoms with van der Waals surface area (Å²) in [5.74, 6) is 0.622. The first-order chi connectivity index (χ1) is 9.54. The zero-order valence-corrected chi connectivity index (χ0v) is 11.5.